The molecule has 30 heavy (non-hydrogen) atoms. The number of ether oxygens (including phenoxy) is 1. The molecule has 0 saturated heterocycles. The molecule has 6 heteroatoms. The maximum absolute atomic E-state index is 6.25. The fraction of sp³-hybridized carbons (Fsp3) is 0.125. The second-order valence-electron chi connectivity index (χ2n) is 7.06. The zero-order valence-corrected chi connectivity index (χ0v) is 17.2. The highest BCUT2D eigenvalue weighted by Crippen LogP contribution is 2.27. The molecule has 0 aliphatic heterocycles. The summed E-state index contributed by atoms with van der Waals surface area (Å²) in [4.78, 5) is 14.4. The van der Waals surface area contributed by atoms with E-state index in [1.165, 1.54) is 5.56 Å². The number of halogens is 1. The highest BCUT2D eigenvalue weighted by molar-refractivity contribution is 6.30. The lowest BCUT2D eigenvalue weighted by molar-refractivity contribution is 0.414. The van der Waals surface area contributed by atoms with Gasteiger partial charge in [-0.3, -0.25) is 0 Å². The first-order chi connectivity index (χ1) is 14.7. The third-order valence-corrected chi connectivity index (χ3v) is 5.36. The summed E-state index contributed by atoms with van der Waals surface area (Å²) in [5, 5.41) is 0.673. The minimum absolute atomic E-state index is 0.637. The summed E-state index contributed by atoms with van der Waals surface area (Å²) in [6.07, 6.45) is 0.831. The summed E-state index contributed by atoms with van der Waals surface area (Å²) >= 11 is 6.25. The van der Waals surface area contributed by atoms with E-state index in [-0.39, 0.29) is 0 Å². The molecule has 0 spiro atoms. The number of aryl methyl sites for hydroxylation is 2. The predicted molar refractivity (Wildman–Crippen MR) is 120 cm³/mol. The molecule has 0 aliphatic carbocycles. The number of para-hydroxylation sites is 2. The van der Waals surface area contributed by atoms with Crippen LogP contribution in [-0.2, 0) is 13.0 Å². The second-order valence-corrected chi connectivity index (χ2v) is 7.49. The molecule has 0 radical (unpaired) electrons. The van der Waals surface area contributed by atoms with E-state index in [9.17, 15) is 0 Å². The molecular weight excluding hydrogens is 396 g/mol. The molecule has 0 saturated carbocycles. The van der Waals surface area contributed by atoms with Crippen molar-refractivity contribution < 1.29 is 4.74 Å². The molecule has 0 bridgehead atoms. The number of nitrogens with zero attached hydrogens (tertiary/aromatic N) is 4. The van der Waals surface area contributed by atoms with Gasteiger partial charge < -0.3 is 9.30 Å². The van der Waals surface area contributed by atoms with E-state index in [1.54, 1.807) is 7.11 Å². The van der Waals surface area contributed by atoms with E-state index in [2.05, 4.69) is 16.7 Å². The quantitative estimate of drug-likeness (QED) is 0.378. The lowest BCUT2D eigenvalue weighted by Crippen LogP contribution is -2.05. The number of methoxy groups -OCH3 is 1. The van der Waals surface area contributed by atoms with Crippen LogP contribution in [0.3, 0.4) is 0 Å². The fourth-order valence-electron chi connectivity index (χ4n) is 3.59. The fourth-order valence-corrected chi connectivity index (χ4v) is 3.78. The van der Waals surface area contributed by atoms with Gasteiger partial charge in [0.1, 0.15) is 11.6 Å². The normalized spacial score (nSPS) is 11.3. The Balaban J connectivity index is 1.62. The van der Waals surface area contributed by atoms with Crippen LogP contribution in [0.1, 0.15) is 5.56 Å². The minimum atomic E-state index is 0.637. The van der Waals surface area contributed by atoms with E-state index < -0.39 is 0 Å². The molecule has 2 heterocycles. The van der Waals surface area contributed by atoms with Gasteiger partial charge in [0, 0.05) is 17.1 Å². The summed E-state index contributed by atoms with van der Waals surface area (Å²) in [6, 6.07) is 23.7. The van der Waals surface area contributed by atoms with Gasteiger partial charge in [-0.15, -0.1) is 0 Å². The molecule has 3 aromatic carbocycles. The van der Waals surface area contributed by atoms with Crippen molar-refractivity contribution in [1.29, 1.82) is 0 Å². The minimum Gasteiger partial charge on any atom is -0.497 e. The van der Waals surface area contributed by atoms with Gasteiger partial charge in [-0.25, -0.2) is 15.0 Å². The maximum Gasteiger partial charge on any atom is 0.198 e. The van der Waals surface area contributed by atoms with Crippen LogP contribution in [0.5, 0.6) is 5.75 Å². The van der Waals surface area contributed by atoms with Crippen LogP contribution in [0.2, 0.25) is 5.02 Å². The van der Waals surface area contributed by atoms with E-state index in [1.807, 2.05) is 60.7 Å². The Kier molecular flexibility index (Phi) is 4.81. The molecule has 0 N–H and O–H groups in total. The van der Waals surface area contributed by atoms with Crippen molar-refractivity contribution in [3.63, 3.8) is 0 Å². The summed E-state index contributed by atoms with van der Waals surface area (Å²) in [5.74, 6) is 1.67. The van der Waals surface area contributed by atoms with Crippen molar-refractivity contribution in [1.82, 2.24) is 19.5 Å². The molecule has 5 aromatic rings. The SMILES string of the molecule is COc1ccc(CCn2c(-c3cccc(Cl)c3)nc3nc4ccccc4nc32)cc1. The Bertz CT molecular complexity index is 1340. The van der Waals surface area contributed by atoms with E-state index in [0.29, 0.717) is 10.7 Å². The molecule has 0 unspecified atom stereocenters. The van der Waals surface area contributed by atoms with Gasteiger partial charge in [0.25, 0.3) is 0 Å². The standard InChI is InChI=1S/C24H19ClN4O/c1-30-19-11-9-16(10-12-19)13-14-29-23(17-5-4-6-18(25)15-17)28-22-24(29)27-21-8-3-2-7-20(21)26-22/h2-12,15H,13-14H2,1H3. The zero-order valence-electron chi connectivity index (χ0n) is 16.4. The Morgan fingerprint density at radius 1 is 0.867 bits per heavy atom. The Labute approximate surface area is 178 Å². The molecule has 0 atom stereocenters. The molecule has 0 amide bonds. The van der Waals surface area contributed by atoms with Crippen molar-refractivity contribution in [2.45, 2.75) is 13.0 Å². The van der Waals surface area contributed by atoms with Crippen LogP contribution in [0, 0.1) is 0 Å². The summed E-state index contributed by atoms with van der Waals surface area (Å²) in [7, 11) is 1.67. The number of fused-ring (bicyclic) bond motifs is 2. The number of hydrogen-bond donors (Lipinski definition) is 0. The third kappa shape index (κ3) is 3.48. The Morgan fingerprint density at radius 2 is 1.63 bits per heavy atom. The molecule has 148 valence electrons. The number of rotatable bonds is 5. The van der Waals surface area contributed by atoms with Crippen molar-refractivity contribution in [3.8, 4) is 17.1 Å². The number of aromatic nitrogens is 4. The molecule has 5 rings (SSSR count). The van der Waals surface area contributed by atoms with Gasteiger partial charge in [0.05, 0.1) is 18.1 Å². The van der Waals surface area contributed by atoms with Gasteiger partial charge >= 0.3 is 0 Å². The number of imidazole rings is 1. The van der Waals surface area contributed by atoms with Crippen LogP contribution < -0.4 is 4.74 Å². The van der Waals surface area contributed by atoms with Crippen LogP contribution in [0.15, 0.2) is 72.8 Å². The average Bonchev–Trinajstić information content (AvgIpc) is 3.14. The van der Waals surface area contributed by atoms with Crippen molar-refractivity contribution in [3.05, 3.63) is 83.4 Å². The monoisotopic (exact) mass is 414 g/mol. The van der Waals surface area contributed by atoms with E-state index in [0.717, 1.165) is 46.8 Å². The summed E-state index contributed by atoms with van der Waals surface area (Å²) in [5.41, 5.74) is 5.26. The van der Waals surface area contributed by atoms with Crippen LogP contribution >= 0.6 is 11.6 Å². The van der Waals surface area contributed by atoms with E-state index in [4.69, 9.17) is 31.3 Å². The Morgan fingerprint density at radius 3 is 2.37 bits per heavy atom. The first kappa shape index (κ1) is 18.6. The van der Waals surface area contributed by atoms with Gasteiger partial charge in [-0.05, 0) is 48.4 Å². The van der Waals surface area contributed by atoms with Crippen molar-refractivity contribution in [2.75, 3.05) is 7.11 Å². The predicted octanol–water partition coefficient (Wildman–Crippen LogP) is 5.55. The average molecular weight is 415 g/mol. The smallest absolute Gasteiger partial charge is 0.198 e. The molecule has 2 aromatic heterocycles. The summed E-state index contributed by atoms with van der Waals surface area (Å²) < 4.78 is 7.39. The van der Waals surface area contributed by atoms with Gasteiger partial charge in [0.15, 0.2) is 11.3 Å². The first-order valence-electron chi connectivity index (χ1n) is 9.73. The molecular formula is C24H19ClN4O. The highest BCUT2D eigenvalue weighted by atomic mass is 35.5. The number of hydrogen-bond acceptors (Lipinski definition) is 4. The van der Waals surface area contributed by atoms with Crippen LogP contribution in [0.25, 0.3) is 33.7 Å². The molecule has 5 nitrogen and oxygen atoms in total. The summed E-state index contributed by atoms with van der Waals surface area (Å²) in [6.45, 7) is 0.720. The van der Waals surface area contributed by atoms with Gasteiger partial charge in [0.2, 0.25) is 0 Å². The Hall–Kier alpha value is -3.44. The van der Waals surface area contributed by atoms with Crippen molar-refractivity contribution in [2.24, 2.45) is 0 Å². The zero-order chi connectivity index (χ0) is 20.5. The second kappa shape index (κ2) is 7.76. The van der Waals surface area contributed by atoms with Crippen LogP contribution in [0.4, 0.5) is 0 Å². The topological polar surface area (TPSA) is 52.8 Å². The molecule has 0 aliphatic rings. The first-order valence-corrected chi connectivity index (χ1v) is 10.1. The third-order valence-electron chi connectivity index (χ3n) is 5.12. The lowest BCUT2D eigenvalue weighted by Gasteiger charge is -2.10. The van der Waals surface area contributed by atoms with Gasteiger partial charge in [-0.2, -0.15) is 0 Å². The van der Waals surface area contributed by atoms with Crippen LogP contribution in [-0.4, -0.2) is 26.6 Å². The van der Waals surface area contributed by atoms with Crippen molar-refractivity contribution >= 4 is 33.9 Å². The lowest BCUT2D eigenvalue weighted by atomic mass is 10.1. The number of benzene rings is 3. The highest BCUT2D eigenvalue weighted by Gasteiger charge is 2.16. The van der Waals surface area contributed by atoms with E-state index >= 15 is 0 Å². The maximum atomic E-state index is 6.25. The largest absolute Gasteiger partial charge is 0.497 e. The van der Waals surface area contributed by atoms with Gasteiger partial charge in [-0.1, -0.05) is 48.0 Å². The molecule has 0 fully saturated rings.